The van der Waals surface area contributed by atoms with E-state index < -0.39 is 12.0 Å². The Hall–Kier alpha value is -2.11. The highest BCUT2D eigenvalue weighted by Crippen LogP contribution is 1.99. The SMILES string of the molecule is C[C@@H](NC(=O)N(C)CCc1ccncc1)C(=O)O. The van der Waals surface area contributed by atoms with Crippen molar-refractivity contribution < 1.29 is 14.7 Å². The van der Waals surface area contributed by atoms with E-state index in [1.807, 2.05) is 12.1 Å². The first-order valence-electron chi connectivity index (χ1n) is 5.64. The van der Waals surface area contributed by atoms with Crippen LogP contribution >= 0.6 is 0 Å². The Morgan fingerprint density at radius 2 is 2.06 bits per heavy atom. The van der Waals surface area contributed by atoms with Gasteiger partial charge in [-0.2, -0.15) is 0 Å². The fraction of sp³-hybridized carbons (Fsp3) is 0.417. The van der Waals surface area contributed by atoms with Crippen LogP contribution in [0.15, 0.2) is 24.5 Å². The van der Waals surface area contributed by atoms with E-state index in [0.29, 0.717) is 13.0 Å². The molecule has 0 radical (unpaired) electrons. The molecule has 0 bridgehead atoms. The summed E-state index contributed by atoms with van der Waals surface area (Å²) < 4.78 is 0. The lowest BCUT2D eigenvalue weighted by Gasteiger charge is -2.19. The second kappa shape index (κ2) is 6.58. The summed E-state index contributed by atoms with van der Waals surface area (Å²) >= 11 is 0. The van der Waals surface area contributed by atoms with Crippen LogP contribution in [0.1, 0.15) is 12.5 Å². The summed E-state index contributed by atoms with van der Waals surface area (Å²) in [6, 6.07) is 2.48. The molecule has 18 heavy (non-hydrogen) atoms. The third-order valence-corrected chi connectivity index (χ3v) is 2.54. The summed E-state index contributed by atoms with van der Waals surface area (Å²) in [7, 11) is 1.63. The first-order chi connectivity index (χ1) is 8.50. The van der Waals surface area contributed by atoms with E-state index in [1.54, 1.807) is 19.4 Å². The largest absolute Gasteiger partial charge is 0.480 e. The van der Waals surface area contributed by atoms with Crippen LogP contribution in [-0.2, 0) is 11.2 Å². The number of aliphatic carboxylic acids is 1. The fourth-order valence-electron chi connectivity index (χ4n) is 1.30. The lowest BCUT2D eigenvalue weighted by Crippen LogP contribution is -2.45. The van der Waals surface area contributed by atoms with E-state index in [4.69, 9.17) is 5.11 Å². The monoisotopic (exact) mass is 251 g/mol. The van der Waals surface area contributed by atoms with Crippen molar-refractivity contribution >= 4 is 12.0 Å². The van der Waals surface area contributed by atoms with Gasteiger partial charge in [-0.25, -0.2) is 4.79 Å². The molecule has 2 amide bonds. The number of carboxylic acid groups (broad SMARTS) is 1. The summed E-state index contributed by atoms with van der Waals surface area (Å²) in [5, 5.41) is 11.1. The molecular formula is C12H17N3O3. The van der Waals surface area contributed by atoms with Gasteiger partial charge in [0, 0.05) is 26.0 Å². The van der Waals surface area contributed by atoms with E-state index >= 15 is 0 Å². The lowest BCUT2D eigenvalue weighted by atomic mass is 10.2. The van der Waals surface area contributed by atoms with Crippen LogP contribution in [0.4, 0.5) is 4.79 Å². The van der Waals surface area contributed by atoms with Crippen LogP contribution in [0.3, 0.4) is 0 Å². The van der Waals surface area contributed by atoms with Crippen LogP contribution < -0.4 is 5.32 Å². The zero-order valence-electron chi connectivity index (χ0n) is 10.5. The van der Waals surface area contributed by atoms with Gasteiger partial charge in [-0.05, 0) is 31.0 Å². The van der Waals surface area contributed by atoms with Crippen LogP contribution in [0.5, 0.6) is 0 Å². The molecule has 2 N–H and O–H groups in total. The Labute approximate surface area is 106 Å². The van der Waals surface area contributed by atoms with Gasteiger partial charge in [0.05, 0.1) is 0 Å². The average molecular weight is 251 g/mol. The number of carbonyl (C=O) groups excluding carboxylic acids is 1. The molecule has 98 valence electrons. The molecule has 1 heterocycles. The first kappa shape index (κ1) is 14.0. The highest BCUT2D eigenvalue weighted by atomic mass is 16.4. The van der Waals surface area contributed by atoms with Crippen molar-refractivity contribution in [3.63, 3.8) is 0 Å². The number of hydrogen-bond acceptors (Lipinski definition) is 3. The summed E-state index contributed by atoms with van der Waals surface area (Å²) in [6.45, 7) is 1.94. The van der Waals surface area contributed by atoms with Crippen molar-refractivity contribution in [2.24, 2.45) is 0 Å². The molecule has 1 aromatic rings. The Morgan fingerprint density at radius 3 is 2.61 bits per heavy atom. The van der Waals surface area contributed by atoms with Gasteiger partial charge in [0.25, 0.3) is 0 Å². The number of hydrogen-bond donors (Lipinski definition) is 2. The second-order valence-corrected chi connectivity index (χ2v) is 4.04. The zero-order valence-corrected chi connectivity index (χ0v) is 10.5. The standard InChI is InChI=1S/C12H17N3O3/c1-9(11(16)17)14-12(18)15(2)8-5-10-3-6-13-7-4-10/h3-4,6-7,9H,5,8H2,1-2H3,(H,14,18)(H,16,17)/t9-/m1/s1. The van der Waals surface area contributed by atoms with Crippen molar-refractivity contribution in [3.8, 4) is 0 Å². The maximum Gasteiger partial charge on any atom is 0.325 e. The number of amides is 2. The van der Waals surface area contributed by atoms with Crippen LogP contribution in [-0.4, -0.2) is 46.6 Å². The van der Waals surface area contributed by atoms with Gasteiger partial charge in [0.2, 0.25) is 0 Å². The van der Waals surface area contributed by atoms with Gasteiger partial charge in [0.15, 0.2) is 0 Å². The summed E-state index contributed by atoms with van der Waals surface area (Å²) in [5.74, 6) is -1.05. The summed E-state index contributed by atoms with van der Waals surface area (Å²) in [5.41, 5.74) is 1.08. The van der Waals surface area contributed by atoms with Gasteiger partial charge < -0.3 is 15.3 Å². The molecule has 0 aliphatic heterocycles. The van der Waals surface area contributed by atoms with E-state index in [1.165, 1.54) is 11.8 Å². The fourth-order valence-corrected chi connectivity index (χ4v) is 1.30. The lowest BCUT2D eigenvalue weighted by molar-refractivity contribution is -0.138. The normalized spacial score (nSPS) is 11.7. The Morgan fingerprint density at radius 1 is 1.44 bits per heavy atom. The number of rotatable bonds is 5. The molecule has 0 aromatic carbocycles. The molecule has 0 aliphatic carbocycles. The molecule has 6 heteroatoms. The molecular weight excluding hydrogens is 234 g/mol. The molecule has 1 atom stereocenters. The number of aromatic nitrogens is 1. The minimum Gasteiger partial charge on any atom is -0.480 e. The summed E-state index contributed by atoms with van der Waals surface area (Å²) in [6.07, 6.45) is 4.09. The van der Waals surface area contributed by atoms with Gasteiger partial charge >= 0.3 is 12.0 Å². The highest BCUT2D eigenvalue weighted by molar-refractivity contribution is 5.82. The van der Waals surface area contributed by atoms with Crippen LogP contribution in [0.25, 0.3) is 0 Å². The van der Waals surface area contributed by atoms with Gasteiger partial charge in [-0.15, -0.1) is 0 Å². The molecule has 6 nitrogen and oxygen atoms in total. The first-order valence-corrected chi connectivity index (χ1v) is 5.64. The maximum absolute atomic E-state index is 11.6. The van der Waals surface area contributed by atoms with Crippen molar-refractivity contribution in [1.82, 2.24) is 15.2 Å². The number of urea groups is 1. The van der Waals surface area contributed by atoms with Gasteiger partial charge in [0.1, 0.15) is 6.04 Å². The van der Waals surface area contributed by atoms with E-state index in [-0.39, 0.29) is 6.03 Å². The Balaban J connectivity index is 2.39. The number of likely N-dealkylation sites (N-methyl/N-ethyl adjacent to an activating group) is 1. The van der Waals surface area contributed by atoms with Crippen molar-refractivity contribution in [1.29, 1.82) is 0 Å². The third-order valence-electron chi connectivity index (χ3n) is 2.54. The number of nitrogens with zero attached hydrogens (tertiary/aromatic N) is 2. The van der Waals surface area contributed by atoms with Crippen molar-refractivity contribution in [3.05, 3.63) is 30.1 Å². The van der Waals surface area contributed by atoms with Crippen molar-refractivity contribution in [2.45, 2.75) is 19.4 Å². The topological polar surface area (TPSA) is 82.5 Å². The van der Waals surface area contributed by atoms with E-state index in [2.05, 4.69) is 10.3 Å². The number of carboxylic acids is 1. The molecule has 0 fully saturated rings. The van der Waals surface area contributed by atoms with Crippen molar-refractivity contribution in [2.75, 3.05) is 13.6 Å². The van der Waals surface area contributed by atoms with Crippen LogP contribution in [0.2, 0.25) is 0 Å². The highest BCUT2D eigenvalue weighted by Gasteiger charge is 2.16. The average Bonchev–Trinajstić information content (AvgIpc) is 2.36. The minimum atomic E-state index is -1.05. The predicted octanol–water partition coefficient (Wildman–Crippen LogP) is 0.739. The Kier molecular flexibility index (Phi) is 5.10. The quantitative estimate of drug-likeness (QED) is 0.808. The number of nitrogens with one attached hydrogen (secondary N) is 1. The smallest absolute Gasteiger partial charge is 0.325 e. The van der Waals surface area contributed by atoms with Crippen LogP contribution in [0, 0.1) is 0 Å². The summed E-state index contributed by atoms with van der Waals surface area (Å²) in [4.78, 5) is 27.6. The number of pyridine rings is 1. The predicted molar refractivity (Wildman–Crippen MR) is 66.2 cm³/mol. The van der Waals surface area contributed by atoms with E-state index in [9.17, 15) is 9.59 Å². The van der Waals surface area contributed by atoms with E-state index in [0.717, 1.165) is 5.56 Å². The molecule has 1 rings (SSSR count). The zero-order chi connectivity index (χ0) is 13.5. The Bertz CT molecular complexity index is 408. The molecule has 0 saturated heterocycles. The molecule has 0 spiro atoms. The van der Waals surface area contributed by atoms with Gasteiger partial charge in [-0.3, -0.25) is 9.78 Å². The number of carbonyl (C=O) groups is 2. The molecule has 0 aliphatic rings. The molecule has 0 saturated carbocycles. The molecule has 0 unspecified atom stereocenters. The third kappa shape index (κ3) is 4.40. The maximum atomic E-state index is 11.6. The molecule has 1 aromatic heterocycles. The minimum absolute atomic E-state index is 0.390. The second-order valence-electron chi connectivity index (χ2n) is 4.04. The van der Waals surface area contributed by atoms with Gasteiger partial charge in [-0.1, -0.05) is 0 Å².